The number of anilines is 1. The number of hydrogen-bond donors (Lipinski definition) is 2. The molecule has 0 radical (unpaired) electrons. The van der Waals surface area contributed by atoms with Gasteiger partial charge in [-0.15, -0.1) is 0 Å². The van der Waals surface area contributed by atoms with Gasteiger partial charge in [-0.05, 0) is 31.4 Å². The summed E-state index contributed by atoms with van der Waals surface area (Å²) in [7, 11) is 0. The standard InChI is InChI=1S/C18H16F4N2O4/c1-8-13-10(15(25)11(16(26)27)5-24(13)9-2-3-9)4-12(19)14(8)23-6-17(28,7-23)18(20,21)22/h4-5,9,28H,2-3,6-7H2,1H3,(H,26,27). The van der Waals surface area contributed by atoms with Crippen molar-refractivity contribution in [1.29, 1.82) is 0 Å². The monoisotopic (exact) mass is 400 g/mol. The highest BCUT2D eigenvalue weighted by Gasteiger charge is 2.61. The average Bonchev–Trinajstić information content (AvgIpc) is 3.37. The average molecular weight is 400 g/mol. The summed E-state index contributed by atoms with van der Waals surface area (Å²) in [5.41, 5.74) is -3.83. The number of halogens is 4. The minimum Gasteiger partial charge on any atom is -0.477 e. The number of fused-ring (bicyclic) bond motifs is 1. The number of pyridine rings is 1. The number of nitrogens with zero attached hydrogens (tertiary/aromatic N) is 2. The van der Waals surface area contributed by atoms with Crippen LogP contribution in [-0.4, -0.2) is 45.6 Å². The second kappa shape index (κ2) is 5.69. The van der Waals surface area contributed by atoms with E-state index in [-0.39, 0.29) is 22.7 Å². The molecule has 0 bridgehead atoms. The molecule has 6 nitrogen and oxygen atoms in total. The number of benzene rings is 1. The summed E-state index contributed by atoms with van der Waals surface area (Å²) in [6.45, 7) is -0.161. The Balaban J connectivity index is 1.90. The van der Waals surface area contributed by atoms with Crippen molar-refractivity contribution in [1.82, 2.24) is 4.57 Å². The van der Waals surface area contributed by atoms with Gasteiger partial charge in [-0.2, -0.15) is 13.2 Å². The summed E-state index contributed by atoms with van der Waals surface area (Å²) in [6.07, 6.45) is -2.12. The van der Waals surface area contributed by atoms with Gasteiger partial charge in [0.2, 0.25) is 5.43 Å². The lowest BCUT2D eigenvalue weighted by Crippen LogP contribution is -2.69. The molecule has 1 aliphatic carbocycles. The molecular formula is C18H16F4N2O4. The quantitative estimate of drug-likeness (QED) is 0.774. The number of aryl methyl sites for hydroxylation is 1. The van der Waals surface area contributed by atoms with E-state index in [9.17, 15) is 37.4 Å². The van der Waals surface area contributed by atoms with E-state index in [1.54, 1.807) is 4.57 Å². The van der Waals surface area contributed by atoms with E-state index >= 15 is 0 Å². The molecule has 10 heteroatoms. The summed E-state index contributed by atoms with van der Waals surface area (Å²) < 4.78 is 55.1. The fourth-order valence-electron chi connectivity index (χ4n) is 3.77. The van der Waals surface area contributed by atoms with Crippen LogP contribution in [0.15, 0.2) is 17.1 Å². The Hall–Kier alpha value is -2.62. The van der Waals surface area contributed by atoms with Gasteiger partial charge in [0.15, 0.2) is 5.60 Å². The topological polar surface area (TPSA) is 82.8 Å². The lowest BCUT2D eigenvalue weighted by atomic mass is 9.91. The van der Waals surface area contributed by atoms with Crippen LogP contribution >= 0.6 is 0 Å². The fourth-order valence-corrected chi connectivity index (χ4v) is 3.77. The Labute approximate surface area is 155 Å². The van der Waals surface area contributed by atoms with Gasteiger partial charge < -0.3 is 19.7 Å². The van der Waals surface area contributed by atoms with Crippen molar-refractivity contribution in [2.45, 2.75) is 37.6 Å². The third kappa shape index (κ3) is 2.58. The molecule has 1 saturated carbocycles. The maximum atomic E-state index is 14.8. The van der Waals surface area contributed by atoms with E-state index < -0.39 is 47.6 Å². The second-order valence-corrected chi connectivity index (χ2v) is 7.43. The molecule has 0 amide bonds. The Morgan fingerprint density at radius 3 is 2.39 bits per heavy atom. The number of rotatable bonds is 3. The lowest BCUT2D eigenvalue weighted by molar-refractivity contribution is -0.267. The fraction of sp³-hybridized carbons (Fsp3) is 0.444. The maximum absolute atomic E-state index is 14.8. The van der Waals surface area contributed by atoms with Crippen LogP contribution in [0.1, 0.15) is 34.8 Å². The molecule has 2 fully saturated rings. The zero-order valence-electron chi connectivity index (χ0n) is 14.7. The van der Waals surface area contributed by atoms with E-state index in [2.05, 4.69) is 0 Å². The Morgan fingerprint density at radius 2 is 1.89 bits per heavy atom. The number of carbonyl (C=O) groups is 1. The highest BCUT2D eigenvalue weighted by atomic mass is 19.4. The molecular weight excluding hydrogens is 384 g/mol. The van der Waals surface area contributed by atoms with Crippen LogP contribution < -0.4 is 10.3 Å². The Morgan fingerprint density at radius 1 is 1.29 bits per heavy atom. The van der Waals surface area contributed by atoms with Crippen molar-refractivity contribution in [2.24, 2.45) is 0 Å². The summed E-state index contributed by atoms with van der Waals surface area (Å²) in [5.74, 6) is -2.36. The number of aromatic carboxylic acids is 1. The predicted molar refractivity (Wildman–Crippen MR) is 91.4 cm³/mol. The normalized spacial score (nSPS) is 19.0. The predicted octanol–water partition coefficient (Wildman–Crippen LogP) is 2.60. The Kier molecular flexibility index (Phi) is 3.81. The molecule has 1 saturated heterocycles. The zero-order chi connectivity index (χ0) is 20.6. The highest BCUT2D eigenvalue weighted by molar-refractivity contribution is 5.95. The first-order valence-corrected chi connectivity index (χ1v) is 8.60. The smallest absolute Gasteiger partial charge is 0.420 e. The summed E-state index contributed by atoms with van der Waals surface area (Å²) in [5, 5.41) is 18.8. The van der Waals surface area contributed by atoms with E-state index in [4.69, 9.17) is 0 Å². The molecule has 2 aromatic rings. The molecule has 2 heterocycles. The van der Waals surface area contributed by atoms with Crippen LogP contribution in [0.2, 0.25) is 0 Å². The van der Waals surface area contributed by atoms with Gasteiger partial charge in [0.25, 0.3) is 0 Å². The van der Waals surface area contributed by atoms with E-state index in [0.29, 0.717) is 5.52 Å². The van der Waals surface area contributed by atoms with Gasteiger partial charge in [0.05, 0.1) is 24.3 Å². The molecule has 1 aromatic carbocycles. The molecule has 150 valence electrons. The maximum Gasteiger partial charge on any atom is 0.420 e. The minimum atomic E-state index is -4.84. The van der Waals surface area contributed by atoms with Crippen LogP contribution in [0, 0.1) is 12.7 Å². The number of carboxylic acids is 1. The Bertz CT molecular complexity index is 1070. The van der Waals surface area contributed by atoms with Gasteiger partial charge >= 0.3 is 12.1 Å². The molecule has 4 rings (SSSR count). The molecule has 0 spiro atoms. The number of aromatic nitrogens is 1. The SMILES string of the molecule is Cc1c(N2CC(O)(C(F)(F)F)C2)c(F)cc2c(=O)c(C(=O)O)cn(C3CC3)c12. The largest absolute Gasteiger partial charge is 0.477 e. The molecule has 1 aliphatic heterocycles. The van der Waals surface area contributed by atoms with Gasteiger partial charge in [0, 0.05) is 17.6 Å². The number of alkyl halides is 3. The van der Waals surface area contributed by atoms with Gasteiger partial charge in [-0.25, -0.2) is 9.18 Å². The van der Waals surface area contributed by atoms with Crippen LogP contribution in [0.3, 0.4) is 0 Å². The number of aliphatic hydroxyl groups is 1. The first kappa shape index (κ1) is 18.7. The number of β-amino-alcohol motifs (C(OH)–C–C–N with tert-alkyl or cyclic N) is 1. The van der Waals surface area contributed by atoms with E-state index in [0.717, 1.165) is 23.8 Å². The minimum absolute atomic E-state index is 0.0540. The first-order valence-electron chi connectivity index (χ1n) is 8.60. The van der Waals surface area contributed by atoms with Crippen molar-refractivity contribution >= 4 is 22.6 Å². The zero-order valence-corrected chi connectivity index (χ0v) is 14.7. The van der Waals surface area contributed by atoms with Gasteiger partial charge in [0.1, 0.15) is 11.4 Å². The van der Waals surface area contributed by atoms with E-state index in [1.165, 1.54) is 13.1 Å². The van der Waals surface area contributed by atoms with Crippen molar-refractivity contribution in [3.05, 3.63) is 39.4 Å². The number of hydrogen-bond acceptors (Lipinski definition) is 4. The van der Waals surface area contributed by atoms with Gasteiger partial charge in [-0.1, -0.05) is 0 Å². The van der Waals surface area contributed by atoms with Crippen molar-refractivity contribution in [3.63, 3.8) is 0 Å². The van der Waals surface area contributed by atoms with E-state index in [1.807, 2.05) is 0 Å². The molecule has 0 atom stereocenters. The van der Waals surface area contributed by atoms with Crippen molar-refractivity contribution < 1.29 is 32.6 Å². The van der Waals surface area contributed by atoms with Crippen LogP contribution in [0.25, 0.3) is 10.9 Å². The molecule has 2 N–H and O–H groups in total. The van der Waals surface area contributed by atoms with Crippen molar-refractivity contribution in [3.8, 4) is 0 Å². The first-order chi connectivity index (χ1) is 12.9. The lowest BCUT2D eigenvalue weighted by Gasteiger charge is -2.48. The molecule has 1 aromatic heterocycles. The van der Waals surface area contributed by atoms with Crippen molar-refractivity contribution in [2.75, 3.05) is 18.0 Å². The summed E-state index contributed by atoms with van der Waals surface area (Å²) in [4.78, 5) is 25.0. The van der Waals surface area contributed by atoms with Crippen LogP contribution in [0.5, 0.6) is 0 Å². The second-order valence-electron chi connectivity index (χ2n) is 7.43. The molecule has 0 unspecified atom stereocenters. The van der Waals surface area contributed by atoms with Crippen LogP contribution in [0.4, 0.5) is 23.2 Å². The third-order valence-electron chi connectivity index (χ3n) is 5.40. The molecule has 28 heavy (non-hydrogen) atoms. The highest BCUT2D eigenvalue weighted by Crippen LogP contribution is 2.44. The summed E-state index contributed by atoms with van der Waals surface area (Å²) in [6, 6.07) is 0.817. The van der Waals surface area contributed by atoms with Gasteiger partial charge in [-0.3, -0.25) is 4.79 Å². The van der Waals surface area contributed by atoms with Crippen LogP contribution in [-0.2, 0) is 0 Å². The summed E-state index contributed by atoms with van der Waals surface area (Å²) >= 11 is 0. The number of carboxylic acid groups (broad SMARTS) is 1. The third-order valence-corrected chi connectivity index (χ3v) is 5.40. The molecule has 2 aliphatic rings.